The Kier molecular flexibility index (Phi) is 3.78. The molecule has 0 saturated carbocycles. The highest BCUT2D eigenvalue weighted by atomic mass is 32.1. The fourth-order valence-electron chi connectivity index (χ4n) is 1.55. The molecule has 0 radical (unpaired) electrons. The van der Waals surface area contributed by atoms with Crippen LogP contribution < -0.4 is 10.6 Å². The topological polar surface area (TPSA) is 123 Å². The highest BCUT2D eigenvalue weighted by Gasteiger charge is 2.44. The summed E-state index contributed by atoms with van der Waals surface area (Å²) in [7, 11) is 0. The minimum Gasteiger partial charge on any atom is -0.394 e. The fourth-order valence-corrected chi connectivity index (χ4v) is 1.76. The summed E-state index contributed by atoms with van der Waals surface area (Å²) in [4.78, 5) is 9.01. The van der Waals surface area contributed by atoms with E-state index in [1.165, 1.54) is 12.3 Å². The molecule has 0 aliphatic carbocycles. The van der Waals surface area contributed by atoms with Crippen molar-refractivity contribution in [3.63, 3.8) is 0 Å². The highest BCUT2D eigenvalue weighted by molar-refractivity contribution is 7.71. The average molecular weight is 275 g/mol. The molecule has 18 heavy (non-hydrogen) atoms. The molecule has 0 aromatic carbocycles. The Morgan fingerprint density at radius 2 is 2.22 bits per heavy atom. The maximum absolute atomic E-state index is 9.66. The van der Waals surface area contributed by atoms with Crippen LogP contribution in [-0.2, 0) is 4.74 Å². The first-order chi connectivity index (χ1) is 8.52. The molecule has 1 aromatic rings. The van der Waals surface area contributed by atoms with Crippen LogP contribution in [0.1, 0.15) is 0 Å². The lowest BCUT2D eigenvalue weighted by molar-refractivity contribution is -0.172. The van der Waals surface area contributed by atoms with Gasteiger partial charge in [0.2, 0.25) is 4.77 Å². The molecular formula is C9H13N3O5S. The molecule has 4 atom stereocenters. The summed E-state index contributed by atoms with van der Waals surface area (Å²) >= 11 is 4.90. The summed E-state index contributed by atoms with van der Waals surface area (Å²) < 4.78 is 6.26. The second-order valence-corrected chi connectivity index (χ2v) is 4.14. The first-order valence-electron chi connectivity index (χ1n) is 5.17. The normalized spacial score (nSPS) is 31.5. The summed E-state index contributed by atoms with van der Waals surface area (Å²) in [5.41, 5.74) is 5.43. The monoisotopic (exact) mass is 275 g/mol. The van der Waals surface area contributed by atoms with E-state index in [0.29, 0.717) is 0 Å². The summed E-state index contributed by atoms with van der Waals surface area (Å²) in [6.07, 6.45) is -3.15. The molecule has 8 nitrogen and oxygen atoms in total. The lowest BCUT2D eigenvalue weighted by atomic mass is 10.1. The van der Waals surface area contributed by atoms with Crippen molar-refractivity contribution in [1.82, 2.24) is 9.71 Å². The number of aliphatic hydroxyl groups is 3. The number of anilines is 1. The van der Waals surface area contributed by atoms with Crippen molar-refractivity contribution < 1.29 is 24.9 Å². The number of aliphatic hydroxyl groups excluding tert-OH is 3. The smallest absolute Gasteiger partial charge is 0.254 e. The number of ether oxygens (including phenoxy) is 1. The third-order valence-electron chi connectivity index (χ3n) is 2.51. The molecule has 0 bridgehead atoms. The van der Waals surface area contributed by atoms with Crippen LogP contribution in [0.3, 0.4) is 0 Å². The van der Waals surface area contributed by atoms with Crippen LogP contribution in [0.4, 0.5) is 5.82 Å². The molecule has 0 spiro atoms. The van der Waals surface area contributed by atoms with Crippen LogP contribution in [0.15, 0.2) is 12.3 Å². The van der Waals surface area contributed by atoms with E-state index in [9.17, 15) is 10.2 Å². The zero-order chi connectivity index (χ0) is 13.3. The van der Waals surface area contributed by atoms with Gasteiger partial charge in [-0.25, -0.2) is 4.98 Å². The largest absolute Gasteiger partial charge is 0.394 e. The van der Waals surface area contributed by atoms with Crippen molar-refractivity contribution in [2.45, 2.75) is 24.6 Å². The van der Waals surface area contributed by atoms with Gasteiger partial charge in [0, 0.05) is 6.07 Å². The number of hydrogen-bond acceptors (Lipinski definition) is 8. The summed E-state index contributed by atoms with van der Waals surface area (Å²) in [6.45, 7) is -0.427. The average Bonchev–Trinajstić information content (AvgIpc) is 2.60. The Morgan fingerprint density at radius 1 is 1.50 bits per heavy atom. The molecule has 0 amide bonds. The Balaban J connectivity index is 2.13. The first-order valence-corrected chi connectivity index (χ1v) is 5.58. The molecule has 100 valence electrons. The Hall–Kier alpha value is -1.26. The maximum Gasteiger partial charge on any atom is 0.254 e. The zero-order valence-corrected chi connectivity index (χ0v) is 10.0. The molecule has 1 aromatic heterocycles. The van der Waals surface area contributed by atoms with E-state index in [1.807, 2.05) is 0 Å². The molecule has 1 fully saturated rings. The third kappa shape index (κ3) is 2.44. The summed E-state index contributed by atoms with van der Waals surface area (Å²) in [6, 6.07) is 1.46. The molecule has 9 heteroatoms. The number of nitrogens with zero attached hydrogens (tertiary/aromatic N) is 2. The lowest BCUT2D eigenvalue weighted by Crippen LogP contribution is -2.38. The summed E-state index contributed by atoms with van der Waals surface area (Å²) in [5, 5.41) is 28.1. The van der Waals surface area contributed by atoms with Gasteiger partial charge in [0.05, 0.1) is 12.8 Å². The van der Waals surface area contributed by atoms with E-state index in [2.05, 4.69) is 4.98 Å². The molecule has 5 N–H and O–H groups in total. The van der Waals surface area contributed by atoms with Crippen molar-refractivity contribution in [3.05, 3.63) is 17.0 Å². The van der Waals surface area contributed by atoms with Crippen molar-refractivity contribution in [1.29, 1.82) is 0 Å². The minimum atomic E-state index is -1.29. The Morgan fingerprint density at radius 3 is 2.78 bits per heavy atom. The van der Waals surface area contributed by atoms with E-state index in [4.69, 9.17) is 32.6 Å². The molecule has 2 rings (SSSR count). The van der Waals surface area contributed by atoms with Gasteiger partial charge >= 0.3 is 0 Å². The van der Waals surface area contributed by atoms with E-state index in [-0.39, 0.29) is 10.6 Å². The zero-order valence-electron chi connectivity index (χ0n) is 9.21. The van der Waals surface area contributed by atoms with Crippen molar-refractivity contribution in [3.8, 4) is 0 Å². The maximum atomic E-state index is 9.66. The molecule has 1 saturated heterocycles. The molecule has 0 unspecified atom stereocenters. The third-order valence-corrected chi connectivity index (χ3v) is 2.78. The van der Waals surface area contributed by atoms with Crippen LogP contribution in [0.25, 0.3) is 0 Å². The van der Waals surface area contributed by atoms with Crippen LogP contribution in [0.5, 0.6) is 0 Å². The second-order valence-electron chi connectivity index (χ2n) is 3.77. The Bertz CT molecular complexity index is 482. The number of nitrogens with two attached hydrogens (primary N) is 1. The van der Waals surface area contributed by atoms with Crippen LogP contribution >= 0.6 is 12.2 Å². The number of hydrogen-bond donors (Lipinski definition) is 4. The fraction of sp³-hybridized carbons (Fsp3) is 0.556. The van der Waals surface area contributed by atoms with Gasteiger partial charge in [-0.2, -0.15) is 4.73 Å². The molecule has 2 heterocycles. The van der Waals surface area contributed by atoms with Gasteiger partial charge in [-0.3, -0.25) is 0 Å². The number of nitrogen functional groups attached to an aromatic ring is 1. The quantitative estimate of drug-likeness (QED) is 0.470. The molecular weight excluding hydrogens is 262 g/mol. The van der Waals surface area contributed by atoms with Gasteiger partial charge in [-0.1, -0.05) is 0 Å². The Labute approximate surface area is 107 Å². The van der Waals surface area contributed by atoms with Crippen molar-refractivity contribution >= 4 is 18.0 Å². The highest BCUT2D eigenvalue weighted by Crippen LogP contribution is 2.20. The van der Waals surface area contributed by atoms with E-state index in [0.717, 1.165) is 4.73 Å². The second kappa shape index (κ2) is 5.16. The predicted molar refractivity (Wildman–Crippen MR) is 61.8 cm³/mol. The van der Waals surface area contributed by atoms with Gasteiger partial charge in [-0.15, -0.1) is 0 Å². The van der Waals surface area contributed by atoms with E-state index < -0.39 is 31.2 Å². The first kappa shape index (κ1) is 13.2. The van der Waals surface area contributed by atoms with Crippen molar-refractivity contribution in [2.75, 3.05) is 12.3 Å². The number of aromatic nitrogens is 2. The van der Waals surface area contributed by atoms with E-state index >= 15 is 0 Å². The lowest BCUT2D eigenvalue weighted by Gasteiger charge is -2.17. The van der Waals surface area contributed by atoms with Gasteiger partial charge in [0.15, 0.2) is 0 Å². The molecule has 1 aliphatic rings. The van der Waals surface area contributed by atoms with E-state index in [1.54, 1.807) is 0 Å². The summed E-state index contributed by atoms with van der Waals surface area (Å²) in [5.74, 6) is 0.237. The van der Waals surface area contributed by atoms with Gasteiger partial charge < -0.3 is 30.6 Å². The van der Waals surface area contributed by atoms with Gasteiger partial charge in [0.25, 0.3) is 6.29 Å². The molecule has 1 aliphatic heterocycles. The van der Waals surface area contributed by atoms with Crippen LogP contribution in [0.2, 0.25) is 0 Å². The minimum absolute atomic E-state index is 0.0488. The standard InChI is InChI=1S/C9H13N3O5S/c10-5-1-2-12(9(18)11-5)17-8-7(15)6(14)4(3-13)16-8/h1-2,4,6-8,13-15H,3H2,(H2,10,11,18)/t4-,6-,7+,8+/m1/s1. The predicted octanol–water partition coefficient (Wildman–Crippen LogP) is -1.94. The van der Waals surface area contributed by atoms with Crippen LogP contribution in [-0.4, -0.2) is 56.2 Å². The van der Waals surface area contributed by atoms with Crippen LogP contribution in [0, 0.1) is 4.77 Å². The SMILES string of the molecule is Nc1ccn(O[C@@H]2O[C@H](CO)[C@@H](O)[C@@H]2O)c(=S)n1. The van der Waals surface area contributed by atoms with Crippen molar-refractivity contribution in [2.24, 2.45) is 0 Å². The van der Waals surface area contributed by atoms with Gasteiger partial charge in [0.1, 0.15) is 24.1 Å². The van der Waals surface area contributed by atoms with Gasteiger partial charge in [-0.05, 0) is 12.2 Å². The number of rotatable bonds is 3.